The molecule has 0 saturated carbocycles. The Balaban J connectivity index is -0.00000000500. The van der Waals surface area contributed by atoms with E-state index in [2.05, 4.69) is 0 Å². The molecule has 0 bridgehead atoms. The van der Waals surface area contributed by atoms with Gasteiger partial charge in [0.1, 0.15) is 0 Å². The normalized spacial score (nSPS) is 0.750. The van der Waals surface area contributed by atoms with Crippen molar-refractivity contribution in [2.75, 3.05) is 0 Å². The molecule has 0 amide bonds. The quantitative estimate of drug-likeness (QED) is 0.518. The first-order chi connectivity index (χ1) is 1.00. The van der Waals surface area contributed by atoms with Gasteiger partial charge in [0.15, 0.2) is 0 Å². The van der Waals surface area contributed by atoms with Crippen LogP contribution in [0.15, 0.2) is 0 Å². The second-order valence-electron chi connectivity index (χ2n) is 0. The van der Waals surface area contributed by atoms with Gasteiger partial charge in [-0.3, -0.25) is 0 Å². The first-order valence-electron chi connectivity index (χ1n) is 0.289. The number of hydrogen-bond acceptors (Lipinski definition) is 1. The Hall–Kier alpha value is 2.40. The Morgan fingerprint density at radius 2 is 1.25 bits per heavy atom. The van der Waals surface area contributed by atoms with Gasteiger partial charge in [-0.1, -0.05) is 0 Å². The summed E-state index contributed by atoms with van der Waals surface area (Å²) in [7, 11) is 0. The summed E-state index contributed by atoms with van der Waals surface area (Å²) in [6.07, 6.45) is 0. The van der Waals surface area contributed by atoms with Gasteiger partial charge in [0.25, 0.3) is 0 Å². The van der Waals surface area contributed by atoms with Crippen LogP contribution in [-0.4, -0.2) is 16.2 Å². The van der Waals surface area contributed by atoms with Gasteiger partial charge in [-0.05, 0) is 0 Å². The van der Waals surface area contributed by atoms with Crippen LogP contribution < -0.4 is 0 Å². The molecule has 1 radical (unpaired) electrons. The summed E-state index contributed by atoms with van der Waals surface area (Å²) in [5, 5.41) is 0. The van der Waals surface area contributed by atoms with E-state index in [9.17, 15) is 0 Å². The van der Waals surface area contributed by atoms with E-state index < -0.39 is 0 Å². The first-order valence-corrected chi connectivity index (χ1v) is 0.866. The molecule has 0 heterocycles. The fraction of sp³-hybridized carbons (Fsp3) is 0. The third kappa shape index (κ3) is 8.83. The summed E-state index contributed by atoms with van der Waals surface area (Å²) >= 11 is 0.611. The zero-order valence-electron chi connectivity index (χ0n) is 2.19. The number of hydrogen-bond donors (Lipinski definition) is 0. The molecule has 4 heavy (non-hydrogen) atoms. The summed E-state index contributed by atoms with van der Waals surface area (Å²) in [6, 6.07) is 0. The van der Waals surface area contributed by atoms with Crippen molar-refractivity contribution in [1.82, 2.24) is 0 Å². The predicted octanol–water partition coefficient (Wildman–Crippen LogP) is -0.770. The van der Waals surface area contributed by atoms with Crippen molar-refractivity contribution >= 4 is 16.2 Å². The molecule has 0 saturated heterocycles. The van der Waals surface area contributed by atoms with Crippen LogP contribution in [0.4, 0.5) is 0 Å². The molecule has 0 aromatic carbocycles. The van der Waals surface area contributed by atoms with Gasteiger partial charge in [-0.25, -0.2) is 0 Å². The Bertz CT molecular complexity index is 8.00. The summed E-state index contributed by atoms with van der Waals surface area (Å²) < 4.78 is 8.28. The van der Waals surface area contributed by atoms with Crippen molar-refractivity contribution in [1.29, 1.82) is 0 Å². The van der Waals surface area contributed by atoms with Crippen LogP contribution >= 0.6 is 0 Å². The molecule has 0 aromatic heterocycles. The van der Waals surface area contributed by atoms with Crippen LogP contribution in [0.1, 0.15) is 0 Å². The second-order valence-corrected chi connectivity index (χ2v) is 0. The van der Waals surface area contributed by atoms with Crippen LogP contribution in [-0.2, 0) is 29.6 Å². The van der Waals surface area contributed by atoms with E-state index in [1.165, 1.54) is 0 Å². The molecule has 0 unspecified atom stereocenters. The molecule has 4 heteroatoms. The van der Waals surface area contributed by atoms with Crippen molar-refractivity contribution in [2.45, 2.75) is 0 Å². The van der Waals surface area contributed by atoms with Gasteiger partial charge in [0.2, 0.25) is 0 Å². The third-order valence-corrected chi connectivity index (χ3v) is 0. The van der Waals surface area contributed by atoms with Crippen LogP contribution in [0.5, 0.6) is 0 Å². The number of rotatable bonds is 0. The Morgan fingerprint density at radius 3 is 1.25 bits per heavy atom. The van der Waals surface area contributed by atoms with E-state index in [4.69, 9.17) is 3.80 Å². The maximum absolute atomic E-state index is 8.28. The van der Waals surface area contributed by atoms with Gasteiger partial charge in [0.05, 0.1) is 0 Å². The van der Waals surface area contributed by atoms with E-state index >= 15 is 0 Å². The zero-order valence-corrected chi connectivity index (χ0v) is 10.8. The molecule has 0 rings (SSSR count). The average Bonchev–Trinajstić information content (AvgIpc) is 1.00. The minimum absolute atomic E-state index is 0. The second kappa shape index (κ2) is 18.2. The standard InChI is InChI=1S/Al.Hf.La.O.H. The van der Waals surface area contributed by atoms with Crippen LogP contribution in [0.3, 0.4) is 0 Å². The fourth-order valence-electron chi connectivity index (χ4n) is 0. The van der Waals surface area contributed by atoms with E-state index in [0.29, 0.717) is 16.2 Å². The van der Waals surface area contributed by atoms with Crippen molar-refractivity contribution in [2.24, 2.45) is 0 Å². The van der Waals surface area contributed by atoms with E-state index in [0.717, 1.165) is 0 Å². The van der Waals surface area contributed by atoms with Crippen LogP contribution in [0, 0.1) is 35.6 Å². The first kappa shape index (κ1) is 16.1. The molecule has 0 aliphatic carbocycles. The molecule has 0 fully saturated rings. The summed E-state index contributed by atoms with van der Waals surface area (Å²) in [6.45, 7) is 0. The van der Waals surface area contributed by atoms with Gasteiger partial charge in [-0.15, -0.1) is 0 Å². The summed E-state index contributed by atoms with van der Waals surface area (Å²) in [4.78, 5) is 0. The molecule has 0 aliphatic heterocycles. The Kier molecular flexibility index (Phi) is 73.3. The SMILES string of the molecule is [Hf].[La].[O]=[AlH]. The van der Waals surface area contributed by atoms with Crippen molar-refractivity contribution in [3.05, 3.63) is 0 Å². The molecule has 0 atom stereocenters. The summed E-state index contributed by atoms with van der Waals surface area (Å²) in [5.41, 5.74) is 0. The molecule has 17 valence electrons. The van der Waals surface area contributed by atoms with Crippen molar-refractivity contribution in [3.63, 3.8) is 0 Å². The van der Waals surface area contributed by atoms with Gasteiger partial charge >= 0.3 is 20.0 Å². The Labute approximate surface area is 79.9 Å². The van der Waals surface area contributed by atoms with Crippen LogP contribution in [0.25, 0.3) is 0 Å². The molecule has 0 N–H and O–H groups in total. The molecule has 0 spiro atoms. The van der Waals surface area contributed by atoms with E-state index in [1.807, 2.05) is 0 Å². The molecule has 0 aliphatic rings. The van der Waals surface area contributed by atoms with Crippen molar-refractivity contribution in [3.8, 4) is 0 Å². The van der Waals surface area contributed by atoms with E-state index in [1.54, 1.807) is 0 Å². The molecular formula is HAlHfLaO. The van der Waals surface area contributed by atoms with Crippen LogP contribution in [0.2, 0.25) is 0 Å². The Morgan fingerprint density at radius 1 is 1.25 bits per heavy atom. The van der Waals surface area contributed by atoms with E-state index in [-0.39, 0.29) is 61.4 Å². The third-order valence-electron chi connectivity index (χ3n) is 0. The molecule has 1 nitrogen and oxygen atoms in total. The van der Waals surface area contributed by atoms with Gasteiger partial charge in [0, 0.05) is 61.4 Å². The average molecular weight is 361 g/mol. The van der Waals surface area contributed by atoms with Gasteiger partial charge in [-0.2, -0.15) is 0 Å². The van der Waals surface area contributed by atoms with Gasteiger partial charge < -0.3 is 0 Å². The summed E-state index contributed by atoms with van der Waals surface area (Å²) in [5.74, 6) is 0. The topological polar surface area (TPSA) is 17.1 Å². The monoisotopic (exact) mass is 363 g/mol. The minimum atomic E-state index is 0. The predicted molar refractivity (Wildman–Crippen MR) is 7.84 cm³/mol. The van der Waals surface area contributed by atoms with Crippen molar-refractivity contribution < 1.29 is 65.2 Å². The molecule has 0 aromatic rings. The molecular weight excluding hydrogens is 360 g/mol. The fourth-order valence-corrected chi connectivity index (χ4v) is 0. The zero-order chi connectivity index (χ0) is 2.00. The maximum atomic E-state index is 8.28.